The fourth-order valence-corrected chi connectivity index (χ4v) is 2.38. The molecule has 2 aromatic carbocycles. The van der Waals surface area contributed by atoms with Gasteiger partial charge in [-0.2, -0.15) is 0 Å². The number of ether oxygens (including phenoxy) is 1. The third kappa shape index (κ3) is 5.00. The van der Waals surface area contributed by atoms with Crippen LogP contribution in [0.15, 0.2) is 42.5 Å². The van der Waals surface area contributed by atoms with Gasteiger partial charge < -0.3 is 10.1 Å². The zero-order valence-corrected chi connectivity index (χ0v) is 13.5. The highest BCUT2D eigenvalue weighted by Crippen LogP contribution is 2.23. The molecule has 4 heteroatoms. The first-order valence-electron chi connectivity index (χ1n) is 7.56. The molecule has 1 N–H and O–H groups in total. The Morgan fingerprint density at radius 2 is 1.95 bits per heavy atom. The molecule has 0 spiro atoms. The van der Waals surface area contributed by atoms with Crippen molar-refractivity contribution in [2.75, 3.05) is 13.2 Å². The topological polar surface area (TPSA) is 21.3 Å². The normalized spacial score (nSPS) is 10.7. The van der Waals surface area contributed by atoms with Crippen molar-refractivity contribution in [3.8, 4) is 5.75 Å². The van der Waals surface area contributed by atoms with E-state index in [0.29, 0.717) is 31.1 Å². The molecule has 0 aliphatic rings. The van der Waals surface area contributed by atoms with Crippen molar-refractivity contribution in [3.63, 3.8) is 0 Å². The molecule has 22 heavy (non-hydrogen) atoms. The van der Waals surface area contributed by atoms with Crippen molar-refractivity contribution in [1.29, 1.82) is 0 Å². The molecule has 0 aliphatic heterocycles. The minimum atomic E-state index is -0.154. The van der Waals surface area contributed by atoms with Gasteiger partial charge in [0.2, 0.25) is 0 Å². The van der Waals surface area contributed by atoms with Gasteiger partial charge in [-0.05, 0) is 49.2 Å². The molecule has 118 valence electrons. The lowest BCUT2D eigenvalue weighted by Crippen LogP contribution is -2.18. The fourth-order valence-electron chi connectivity index (χ4n) is 2.19. The Bertz CT molecular complexity index is 603. The average Bonchev–Trinajstić information content (AvgIpc) is 2.52. The molecule has 2 rings (SSSR count). The Kier molecular flexibility index (Phi) is 6.69. The fraction of sp³-hybridized carbons (Fsp3) is 0.333. The summed E-state index contributed by atoms with van der Waals surface area (Å²) in [4.78, 5) is 0. The number of halogens is 2. The van der Waals surface area contributed by atoms with Gasteiger partial charge in [0.05, 0.1) is 6.61 Å². The van der Waals surface area contributed by atoms with Crippen LogP contribution in [0.5, 0.6) is 5.75 Å². The molecule has 0 saturated heterocycles. The molecular formula is C18H21ClFNO. The van der Waals surface area contributed by atoms with Crippen LogP contribution in [0, 0.1) is 5.82 Å². The maximum Gasteiger partial charge on any atom is 0.126 e. The van der Waals surface area contributed by atoms with Gasteiger partial charge in [0.25, 0.3) is 0 Å². The van der Waals surface area contributed by atoms with Crippen LogP contribution in [0.1, 0.15) is 24.5 Å². The van der Waals surface area contributed by atoms with E-state index < -0.39 is 0 Å². The lowest BCUT2D eigenvalue weighted by Gasteiger charge is -2.12. The SMILES string of the molecule is CCCOc1ccc(Cl)cc1CNCCc1ccccc1F. The highest BCUT2D eigenvalue weighted by atomic mass is 35.5. The standard InChI is InChI=1S/C18H21ClFNO/c1-2-11-22-18-8-7-16(19)12-15(18)13-21-10-9-14-5-3-4-6-17(14)20/h3-8,12,21H,2,9-11,13H2,1H3. The van der Waals surface area contributed by atoms with Crippen LogP contribution in [0.4, 0.5) is 4.39 Å². The van der Waals surface area contributed by atoms with Gasteiger partial charge >= 0.3 is 0 Å². The highest BCUT2D eigenvalue weighted by molar-refractivity contribution is 6.30. The monoisotopic (exact) mass is 321 g/mol. The predicted octanol–water partition coefficient (Wildman–Crippen LogP) is 4.60. The molecule has 0 bridgehead atoms. The molecule has 0 fully saturated rings. The van der Waals surface area contributed by atoms with Gasteiger partial charge in [0.15, 0.2) is 0 Å². The summed E-state index contributed by atoms with van der Waals surface area (Å²) in [6, 6.07) is 12.5. The lowest BCUT2D eigenvalue weighted by molar-refractivity contribution is 0.313. The summed E-state index contributed by atoms with van der Waals surface area (Å²) in [5.41, 5.74) is 1.75. The Morgan fingerprint density at radius 3 is 2.73 bits per heavy atom. The van der Waals surface area contributed by atoms with Crippen LogP contribution >= 0.6 is 11.6 Å². The largest absolute Gasteiger partial charge is 0.493 e. The zero-order chi connectivity index (χ0) is 15.8. The van der Waals surface area contributed by atoms with Gasteiger partial charge in [0.1, 0.15) is 11.6 Å². The van der Waals surface area contributed by atoms with Crippen LogP contribution in [0.25, 0.3) is 0 Å². The Balaban J connectivity index is 1.88. The minimum absolute atomic E-state index is 0.154. The summed E-state index contributed by atoms with van der Waals surface area (Å²) in [5.74, 6) is 0.698. The van der Waals surface area contributed by atoms with Crippen LogP contribution in [0.2, 0.25) is 5.02 Å². The minimum Gasteiger partial charge on any atom is -0.493 e. The van der Waals surface area contributed by atoms with E-state index in [1.807, 2.05) is 30.3 Å². The predicted molar refractivity (Wildman–Crippen MR) is 89.0 cm³/mol. The van der Waals surface area contributed by atoms with Crippen molar-refractivity contribution in [2.45, 2.75) is 26.3 Å². The van der Waals surface area contributed by atoms with E-state index in [1.54, 1.807) is 6.07 Å². The average molecular weight is 322 g/mol. The van der Waals surface area contributed by atoms with Crippen molar-refractivity contribution >= 4 is 11.6 Å². The van der Waals surface area contributed by atoms with Crippen molar-refractivity contribution in [3.05, 3.63) is 64.4 Å². The quantitative estimate of drug-likeness (QED) is 0.717. The number of hydrogen-bond acceptors (Lipinski definition) is 2. The first-order valence-corrected chi connectivity index (χ1v) is 7.94. The van der Waals surface area contributed by atoms with Gasteiger partial charge in [-0.25, -0.2) is 4.39 Å². The number of nitrogens with one attached hydrogen (secondary N) is 1. The summed E-state index contributed by atoms with van der Waals surface area (Å²) < 4.78 is 19.2. The van der Waals surface area contributed by atoms with Gasteiger partial charge in [0, 0.05) is 17.1 Å². The zero-order valence-electron chi connectivity index (χ0n) is 12.7. The lowest BCUT2D eigenvalue weighted by atomic mass is 10.1. The van der Waals surface area contributed by atoms with Crippen LogP contribution in [-0.4, -0.2) is 13.2 Å². The summed E-state index contributed by atoms with van der Waals surface area (Å²) in [5, 5.41) is 4.01. The van der Waals surface area contributed by atoms with Crippen LogP contribution in [-0.2, 0) is 13.0 Å². The molecule has 0 aromatic heterocycles. The maximum absolute atomic E-state index is 13.5. The second-order valence-electron chi connectivity index (χ2n) is 5.12. The van der Waals surface area contributed by atoms with E-state index in [-0.39, 0.29) is 5.82 Å². The third-order valence-electron chi connectivity index (χ3n) is 3.33. The first kappa shape index (κ1) is 16.8. The molecule has 0 radical (unpaired) electrons. The van der Waals surface area contributed by atoms with Crippen molar-refractivity contribution in [2.24, 2.45) is 0 Å². The Morgan fingerprint density at radius 1 is 1.14 bits per heavy atom. The summed E-state index contributed by atoms with van der Waals surface area (Å²) in [6.45, 7) is 4.10. The van der Waals surface area contributed by atoms with Gasteiger partial charge in [-0.15, -0.1) is 0 Å². The van der Waals surface area contributed by atoms with Gasteiger partial charge in [-0.1, -0.05) is 36.7 Å². The smallest absolute Gasteiger partial charge is 0.126 e. The number of benzene rings is 2. The molecule has 0 saturated carbocycles. The van der Waals surface area contributed by atoms with Gasteiger partial charge in [-0.3, -0.25) is 0 Å². The summed E-state index contributed by atoms with van der Waals surface area (Å²) in [6.07, 6.45) is 1.61. The van der Waals surface area contributed by atoms with Crippen LogP contribution in [0.3, 0.4) is 0 Å². The molecule has 2 aromatic rings. The van der Waals surface area contributed by atoms with E-state index in [9.17, 15) is 4.39 Å². The molecule has 0 unspecified atom stereocenters. The van der Waals surface area contributed by atoms with E-state index in [0.717, 1.165) is 23.3 Å². The van der Waals surface area contributed by atoms with Crippen molar-refractivity contribution < 1.29 is 9.13 Å². The second kappa shape index (κ2) is 8.76. The molecule has 0 amide bonds. The first-order chi connectivity index (χ1) is 10.7. The number of rotatable bonds is 8. The summed E-state index contributed by atoms with van der Waals surface area (Å²) in [7, 11) is 0. The molecular weight excluding hydrogens is 301 g/mol. The van der Waals surface area contributed by atoms with E-state index >= 15 is 0 Å². The maximum atomic E-state index is 13.5. The Labute approximate surface area is 136 Å². The second-order valence-corrected chi connectivity index (χ2v) is 5.56. The Hall–Kier alpha value is -1.58. The molecule has 0 atom stereocenters. The third-order valence-corrected chi connectivity index (χ3v) is 3.56. The highest BCUT2D eigenvalue weighted by Gasteiger charge is 2.05. The summed E-state index contributed by atoms with van der Waals surface area (Å²) >= 11 is 6.05. The molecule has 0 heterocycles. The van der Waals surface area contributed by atoms with Crippen molar-refractivity contribution in [1.82, 2.24) is 5.32 Å². The van der Waals surface area contributed by atoms with E-state index in [2.05, 4.69) is 12.2 Å². The number of hydrogen-bond donors (Lipinski definition) is 1. The van der Waals surface area contributed by atoms with E-state index in [4.69, 9.17) is 16.3 Å². The van der Waals surface area contributed by atoms with Crippen LogP contribution < -0.4 is 10.1 Å². The molecule has 0 aliphatic carbocycles. The molecule has 2 nitrogen and oxygen atoms in total. The van der Waals surface area contributed by atoms with E-state index in [1.165, 1.54) is 6.07 Å².